The van der Waals surface area contributed by atoms with Crippen LogP contribution >= 0.6 is 34.8 Å². The Kier molecular flexibility index (Phi) is 5.39. The first-order chi connectivity index (χ1) is 12.9. The molecule has 0 radical (unpaired) electrons. The van der Waals surface area contributed by atoms with Crippen LogP contribution in [0.2, 0.25) is 15.1 Å². The van der Waals surface area contributed by atoms with Crippen LogP contribution in [0.5, 0.6) is 0 Å². The van der Waals surface area contributed by atoms with E-state index in [4.69, 9.17) is 39.8 Å². The van der Waals surface area contributed by atoms with Crippen molar-refractivity contribution in [2.24, 2.45) is 11.8 Å². The number of benzene rings is 1. The van der Waals surface area contributed by atoms with Crippen molar-refractivity contribution in [3.8, 4) is 0 Å². The first kappa shape index (κ1) is 19.1. The molecule has 3 atom stereocenters. The molecular weight excluding hydrogens is 405 g/mol. The van der Waals surface area contributed by atoms with E-state index in [0.717, 1.165) is 43.4 Å². The molecule has 1 aromatic carbocycles. The molecule has 2 aliphatic rings. The van der Waals surface area contributed by atoms with Crippen LogP contribution in [-0.2, 0) is 0 Å². The summed E-state index contributed by atoms with van der Waals surface area (Å²) in [6, 6.07) is 5.42. The molecule has 0 bridgehead atoms. The van der Waals surface area contributed by atoms with Crippen LogP contribution in [0.1, 0.15) is 24.2 Å². The lowest BCUT2D eigenvalue weighted by Crippen LogP contribution is -2.27. The average Bonchev–Trinajstić information content (AvgIpc) is 3.20. The van der Waals surface area contributed by atoms with Crippen LogP contribution in [0.25, 0.3) is 0 Å². The van der Waals surface area contributed by atoms with Gasteiger partial charge in [-0.25, -0.2) is 4.98 Å². The van der Waals surface area contributed by atoms with Crippen LogP contribution in [0.4, 0.5) is 11.8 Å². The van der Waals surface area contributed by atoms with E-state index in [0.29, 0.717) is 32.7 Å². The minimum atomic E-state index is -0.0726. The highest BCUT2D eigenvalue weighted by molar-refractivity contribution is 6.35. The zero-order chi connectivity index (χ0) is 19.1. The fourth-order valence-electron chi connectivity index (χ4n) is 3.94. The van der Waals surface area contributed by atoms with Gasteiger partial charge in [0.25, 0.3) is 0 Å². The molecule has 2 saturated heterocycles. The van der Waals surface area contributed by atoms with Crippen LogP contribution in [0.3, 0.4) is 0 Å². The Morgan fingerprint density at radius 2 is 1.85 bits per heavy atom. The van der Waals surface area contributed by atoms with Crippen LogP contribution in [-0.4, -0.2) is 36.1 Å². The number of fused-ring (bicyclic) bond motifs is 1. The maximum atomic E-state index is 6.49. The molecule has 27 heavy (non-hydrogen) atoms. The smallest absolute Gasteiger partial charge is 0.227 e. The summed E-state index contributed by atoms with van der Waals surface area (Å²) in [5.74, 6) is 2.72. The maximum Gasteiger partial charge on any atom is 0.227 e. The van der Waals surface area contributed by atoms with Crippen molar-refractivity contribution < 1.29 is 0 Å². The lowest BCUT2D eigenvalue weighted by atomic mass is 10.0. The van der Waals surface area contributed by atoms with Gasteiger partial charge in [0, 0.05) is 36.2 Å². The third kappa shape index (κ3) is 3.83. The highest BCUT2D eigenvalue weighted by atomic mass is 35.5. The minimum absolute atomic E-state index is 0.0726. The molecule has 0 amide bonds. The molecule has 0 unspecified atom stereocenters. The van der Waals surface area contributed by atoms with Gasteiger partial charge < -0.3 is 15.5 Å². The van der Waals surface area contributed by atoms with Crippen molar-refractivity contribution in [1.82, 2.24) is 15.3 Å². The molecule has 3 heterocycles. The topological polar surface area (TPSA) is 53.1 Å². The molecule has 2 aromatic rings. The molecule has 2 fully saturated rings. The van der Waals surface area contributed by atoms with Gasteiger partial charge in [0.2, 0.25) is 5.95 Å². The third-order valence-corrected chi connectivity index (χ3v) is 6.47. The van der Waals surface area contributed by atoms with E-state index < -0.39 is 0 Å². The molecule has 0 spiro atoms. The van der Waals surface area contributed by atoms with Gasteiger partial charge >= 0.3 is 0 Å². The van der Waals surface area contributed by atoms with Crippen LogP contribution in [0, 0.1) is 18.8 Å². The zero-order valence-corrected chi connectivity index (χ0v) is 17.5. The van der Waals surface area contributed by atoms with Gasteiger partial charge in [0.15, 0.2) is 5.82 Å². The monoisotopic (exact) mass is 425 g/mol. The Morgan fingerprint density at radius 1 is 1.15 bits per heavy atom. The van der Waals surface area contributed by atoms with Gasteiger partial charge in [-0.05, 0) is 43.4 Å². The number of nitrogens with zero attached hydrogens (tertiary/aromatic N) is 3. The van der Waals surface area contributed by atoms with E-state index in [9.17, 15) is 0 Å². The second-order valence-corrected chi connectivity index (χ2v) is 8.61. The number of rotatable bonds is 4. The molecule has 0 saturated carbocycles. The summed E-state index contributed by atoms with van der Waals surface area (Å²) >= 11 is 18.8. The SMILES string of the molecule is Cc1nc(N2C[C@H]3CNC[C@H]3C2)nc(N[C@H](C)c2ccc(Cl)cc2Cl)c1Cl. The van der Waals surface area contributed by atoms with Gasteiger partial charge in [0.05, 0.1) is 11.7 Å². The lowest BCUT2D eigenvalue weighted by Gasteiger charge is -2.22. The van der Waals surface area contributed by atoms with E-state index in [2.05, 4.69) is 20.5 Å². The van der Waals surface area contributed by atoms with Gasteiger partial charge in [-0.1, -0.05) is 40.9 Å². The average molecular weight is 427 g/mol. The lowest BCUT2D eigenvalue weighted by molar-refractivity contribution is 0.533. The van der Waals surface area contributed by atoms with E-state index in [1.165, 1.54) is 0 Å². The minimum Gasteiger partial charge on any atom is -0.362 e. The van der Waals surface area contributed by atoms with Gasteiger partial charge in [-0.3, -0.25) is 0 Å². The molecule has 2 aliphatic heterocycles. The summed E-state index contributed by atoms with van der Waals surface area (Å²) in [7, 11) is 0. The number of nitrogens with one attached hydrogen (secondary N) is 2. The van der Waals surface area contributed by atoms with Crippen molar-refractivity contribution in [2.45, 2.75) is 19.9 Å². The summed E-state index contributed by atoms with van der Waals surface area (Å²) in [5, 5.41) is 8.62. The third-order valence-electron chi connectivity index (χ3n) is 5.46. The number of anilines is 2. The summed E-state index contributed by atoms with van der Waals surface area (Å²) in [6.07, 6.45) is 0. The summed E-state index contributed by atoms with van der Waals surface area (Å²) in [5.41, 5.74) is 1.71. The zero-order valence-electron chi connectivity index (χ0n) is 15.3. The highest BCUT2D eigenvalue weighted by Gasteiger charge is 2.37. The number of aromatic nitrogens is 2. The van der Waals surface area contributed by atoms with Crippen molar-refractivity contribution in [3.63, 3.8) is 0 Å². The van der Waals surface area contributed by atoms with Gasteiger partial charge in [0.1, 0.15) is 5.02 Å². The predicted octanol–water partition coefficient (Wildman–Crippen LogP) is 4.57. The Balaban J connectivity index is 1.58. The second kappa shape index (κ2) is 7.63. The summed E-state index contributed by atoms with van der Waals surface area (Å²) in [6.45, 7) is 8.05. The maximum absolute atomic E-state index is 6.49. The number of hydrogen-bond donors (Lipinski definition) is 2. The molecular formula is C19H22Cl3N5. The Labute approximate surface area is 174 Å². The quantitative estimate of drug-likeness (QED) is 0.750. The molecule has 144 valence electrons. The van der Waals surface area contributed by atoms with Crippen molar-refractivity contribution in [2.75, 3.05) is 36.4 Å². The first-order valence-corrected chi connectivity index (χ1v) is 10.3. The molecule has 2 N–H and O–H groups in total. The van der Waals surface area contributed by atoms with Crippen molar-refractivity contribution in [1.29, 1.82) is 0 Å². The number of hydrogen-bond acceptors (Lipinski definition) is 5. The van der Waals surface area contributed by atoms with E-state index >= 15 is 0 Å². The molecule has 0 aliphatic carbocycles. The number of halogens is 3. The largest absolute Gasteiger partial charge is 0.362 e. The van der Waals surface area contributed by atoms with Crippen molar-refractivity contribution >= 4 is 46.6 Å². The normalized spacial score (nSPS) is 22.8. The second-order valence-electron chi connectivity index (χ2n) is 7.39. The van der Waals surface area contributed by atoms with E-state index in [1.54, 1.807) is 6.07 Å². The molecule has 4 rings (SSSR count). The molecule has 8 heteroatoms. The predicted molar refractivity (Wildman–Crippen MR) is 112 cm³/mol. The Bertz CT molecular complexity index is 847. The number of aryl methyl sites for hydroxylation is 1. The van der Waals surface area contributed by atoms with E-state index in [-0.39, 0.29) is 6.04 Å². The first-order valence-electron chi connectivity index (χ1n) is 9.13. The standard InChI is InChI=1S/C19H22Cl3N5/c1-10(15-4-3-14(20)5-16(15)21)24-18-17(22)11(2)25-19(26-18)27-8-12-6-23-7-13(12)9-27/h3-5,10,12-13,23H,6-9H2,1-2H3,(H,24,25,26)/t10-,12-,13+/m1/s1. The van der Waals surface area contributed by atoms with Gasteiger partial charge in [-0.2, -0.15) is 4.98 Å². The summed E-state index contributed by atoms with van der Waals surface area (Å²) in [4.78, 5) is 11.6. The van der Waals surface area contributed by atoms with Crippen LogP contribution in [0.15, 0.2) is 18.2 Å². The fourth-order valence-corrected chi connectivity index (χ4v) is 4.65. The van der Waals surface area contributed by atoms with Crippen LogP contribution < -0.4 is 15.5 Å². The molecule has 5 nitrogen and oxygen atoms in total. The van der Waals surface area contributed by atoms with Crippen molar-refractivity contribution in [3.05, 3.63) is 44.5 Å². The fraction of sp³-hybridized carbons (Fsp3) is 0.474. The Hall–Kier alpha value is -1.27. The summed E-state index contributed by atoms with van der Waals surface area (Å²) < 4.78 is 0. The van der Waals surface area contributed by atoms with Gasteiger partial charge in [-0.15, -0.1) is 0 Å². The highest BCUT2D eigenvalue weighted by Crippen LogP contribution is 2.34. The molecule has 1 aromatic heterocycles. The Morgan fingerprint density at radius 3 is 2.52 bits per heavy atom. The van der Waals surface area contributed by atoms with E-state index in [1.807, 2.05) is 26.0 Å².